The Hall–Kier alpha value is -2.24. The Labute approximate surface area is 410 Å². The van der Waals surface area contributed by atoms with Crippen molar-refractivity contribution in [3.8, 4) is 0 Å². The van der Waals surface area contributed by atoms with Crippen LogP contribution in [0.25, 0.3) is 0 Å². The predicted octanol–water partition coefficient (Wildman–Crippen LogP) is 3.90. The van der Waals surface area contributed by atoms with Gasteiger partial charge in [-0.25, -0.2) is 0 Å². The molecule has 4 heterocycles. The van der Waals surface area contributed by atoms with E-state index in [9.17, 15) is 39.6 Å². The van der Waals surface area contributed by atoms with E-state index in [1.807, 2.05) is 27.7 Å². The van der Waals surface area contributed by atoms with Crippen LogP contribution < -0.4 is 0 Å². The monoisotopic (exact) mass is 995 g/mol. The van der Waals surface area contributed by atoms with E-state index in [1.54, 1.807) is 48.5 Å². The Morgan fingerprint density at radius 2 is 1.38 bits per heavy atom. The van der Waals surface area contributed by atoms with Crippen molar-refractivity contribution in [2.24, 2.45) is 41.4 Å². The quantitative estimate of drug-likeness (QED) is 0.174. The average molecular weight is 995 g/mol. The van der Waals surface area contributed by atoms with Gasteiger partial charge in [-0.2, -0.15) is 0 Å². The van der Waals surface area contributed by atoms with Gasteiger partial charge < -0.3 is 72.9 Å². The van der Waals surface area contributed by atoms with Crippen LogP contribution in [0.4, 0.5) is 0 Å². The first-order valence-electron chi connectivity index (χ1n) is 24.3. The van der Waals surface area contributed by atoms with Crippen LogP contribution in [-0.2, 0) is 66.5 Å². The second-order valence-electron chi connectivity index (χ2n) is 21.0. The molecule has 4 aliphatic rings. The molecule has 4 rings (SSSR count). The summed E-state index contributed by atoms with van der Waals surface area (Å²) in [7, 11) is 4.32. The van der Waals surface area contributed by atoms with Crippen molar-refractivity contribution in [2.75, 3.05) is 27.9 Å². The molecular weight excluding hydrogens is 905 g/mol. The molecule has 0 aromatic rings. The summed E-state index contributed by atoms with van der Waals surface area (Å²) in [5, 5.41) is 53.2. The van der Waals surface area contributed by atoms with Crippen molar-refractivity contribution in [2.45, 2.75) is 227 Å². The van der Waals surface area contributed by atoms with Crippen LogP contribution in [-0.4, -0.2) is 174 Å². The maximum atomic E-state index is 14.5. The molecule has 0 aromatic heterocycles. The van der Waals surface area contributed by atoms with E-state index in [2.05, 4.69) is 0 Å². The van der Waals surface area contributed by atoms with Crippen LogP contribution in [0.15, 0.2) is 0 Å². The van der Waals surface area contributed by atoms with Crippen molar-refractivity contribution in [3.05, 3.63) is 0 Å². The first-order chi connectivity index (χ1) is 31.5. The minimum Gasteiger partial charge on any atom is -0.461 e. The summed E-state index contributed by atoms with van der Waals surface area (Å²) in [6, 6.07) is 0. The van der Waals surface area contributed by atoms with E-state index < -0.39 is 133 Å². The molecule has 69 heavy (non-hydrogen) atoms. The number of carbonyl (C=O) groups is 4. The fourth-order valence-electron chi connectivity index (χ4n) is 10.2. The second-order valence-corrected chi connectivity index (χ2v) is 21.0. The number of rotatable bonds is 12. The number of esters is 2. The molecule has 0 aliphatic carbocycles. The lowest BCUT2D eigenvalue weighted by Crippen LogP contribution is -2.59. The van der Waals surface area contributed by atoms with Gasteiger partial charge >= 0.3 is 11.9 Å². The Balaban J connectivity index is 0.00000119. The van der Waals surface area contributed by atoms with Crippen molar-refractivity contribution < 1.29 is 92.1 Å². The molecule has 0 amide bonds. The van der Waals surface area contributed by atoms with E-state index in [0.717, 1.165) is 0 Å². The normalized spacial score (nSPS) is 43.3. The number of hydrogen-bond acceptors (Lipinski definition) is 19. The number of ketones is 2. The molecule has 0 saturated carbocycles. The number of aliphatic hydroxyl groups is 5. The summed E-state index contributed by atoms with van der Waals surface area (Å²) in [5.41, 5.74) is -3.31. The third kappa shape index (κ3) is 16.6. The molecule has 0 bridgehead atoms. The SMILES string of the molecule is C.CO[C@@H]1O[C@H](C)CC(=O)[C@H]1O.CO[C@@H]1[C@H](O)[C@@H](C)O[C@@H](OC[C@H](C)[C@H]2OC(=O)[C@H](C)[C@@H](O[C@H]3C[C@@](C)(O)[C@@H](O)[C@H](C)O3)[C@H](C)C[C@@H](C)C[C@](C)(O)C(=O)[C@H](C)[C@H](OC(=O)CC(C)C)[C@H]2C)[C@@H]1OC. The van der Waals surface area contributed by atoms with Crippen LogP contribution in [0, 0.1) is 41.4 Å². The molecule has 19 heteroatoms. The van der Waals surface area contributed by atoms with Crippen LogP contribution in [0.2, 0.25) is 0 Å². The lowest BCUT2D eigenvalue weighted by atomic mass is 9.75. The highest BCUT2D eigenvalue weighted by Gasteiger charge is 2.50. The van der Waals surface area contributed by atoms with Crippen molar-refractivity contribution in [1.82, 2.24) is 0 Å². The highest BCUT2D eigenvalue weighted by atomic mass is 16.7. The van der Waals surface area contributed by atoms with E-state index in [0.29, 0.717) is 6.42 Å². The van der Waals surface area contributed by atoms with Gasteiger partial charge in [-0.15, -0.1) is 0 Å². The number of carbonyl (C=O) groups excluding carboxylic acids is 4. The van der Waals surface area contributed by atoms with Crippen LogP contribution in [0.1, 0.15) is 130 Å². The Morgan fingerprint density at radius 1 is 0.768 bits per heavy atom. The molecule has 0 aromatic carbocycles. The molecule has 19 nitrogen and oxygen atoms in total. The standard InChI is InChI=1S/C42H74O15.C7H12O4.CH4/c1-20(2)15-29(43)55-34-24(6)33(23(5)19-52-40-36(51-14)35(50-13)31(44)27(9)54-40)57-39(47)26(8)32(56-30-18-42(12,49)38(46)28(10)53-30)22(4)16-21(3)17-41(11,48)37(45)25(34)7;1-4-3-5(8)6(9)7(10-2)11-4;/h20-28,30-36,38,40,44,46,48-49H,15-19H2,1-14H3;4,6-7,9H,3H2,1-2H3;1H4/t21-,22-,23+,24+,25-,26-,27-,28+,30+,31-,32+,33-,34-,35-,36-,38+,40-,41+,42-;4-,6-,7-;/m11./s1. The van der Waals surface area contributed by atoms with Crippen molar-refractivity contribution >= 4 is 23.5 Å². The van der Waals surface area contributed by atoms with E-state index in [-0.39, 0.29) is 69.4 Å². The molecule has 0 radical (unpaired) electrons. The Bertz CT molecular complexity index is 1610. The lowest BCUT2D eigenvalue weighted by molar-refractivity contribution is -0.305. The summed E-state index contributed by atoms with van der Waals surface area (Å²) in [6.45, 7) is 22.5. The number of hydrogen-bond donors (Lipinski definition) is 5. The molecule has 404 valence electrons. The number of aliphatic hydroxyl groups excluding tert-OH is 3. The number of ether oxygens (including phenoxy) is 10. The number of cyclic esters (lactones) is 1. The number of Topliss-reactive ketones (excluding diaryl/α,β-unsaturated/α-hetero) is 2. The molecular formula is C50H90O19. The van der Waals surface area contributed by atoms with Crippen LogP contribution in [0.5, 0.6) is 0 Å². The molecule has 22 atom stereocenters. The first-order valence-corrected chi connectivity index (χ1v) is 24.3. The molecule has 0 spiro atoms. The van der Waals surface area contributed by atoms with Gasteiger partial charge in [0.15, 0.2) is 36.5 Å². The maximum Gasteiger partial charge on any atom is 0.311 e. The molecule has 5 N–H and O–H groups in total. The Kier molecular flexibility index (Phi) is 24.8. The Morgan fingerprint density at radius 3 is 1.93 bits per heavy atom. The van der Waals surface area contributed by atoms with Gasteiger partial charge in [0.05, 0.1) is 48.5 Å². The van der Waals surface area contributed by atoms with Gasteiger partial charge in [0.25, 0.3) is 0 Å². The third-order valence-electron chi connectivity index (χ3n) is 13.9. The van der Waals surface area contributed by atoms with E-state index >= 15 is 0 Å². The zero-order chi connectivity index (χ0) is 51.7. The fraction of sp³-hybridized carbons (Fsp3) is 0.920. The van der Waals surface area contributed by atoms with Gasteiger partial charge in [-0.1, -0.05) is 55.9 Å². The van der Waals surface area contributed by atoms with Crippen molar-refractivity contribution in [1.29, 1.82) is 0 Å². The molecule has 4 aliphatic heterocycles. The zero-order valence-corrected chi connectivity index (χ0v) is 43.3. The van der Waals surface area contributed by atoms with Crippen molar-refractivity contribution in [3.63, 3.8) is 0 Å². The highest BCUT2D eigenvalue weighted by molar-refractivity contribution is 5.89. The zero-order valence-electron chi connectivity index (χ0n) is 43.3. The third-order valence-corrected chi connectivity index (χ3v) is 13.9. The van der Waals surface area contributed by atoms with Gasteiger partial charge in [-0.3, -0.25) is 19.2 Å². The van der Waals surface area contributed by atoms with Gasteiger partial charge in [0.1, 0.15) is 42.2 Å². The predicted molar refractivity (Wildman–Crippen MR) is 251 cm³/mol. The maximum absolute atomic E-state index is 14.5. The summed E-state index contributed by atoms with van der Waals surface area (Å²) >= 11 is 0. The summed E-state index contributed by atoms with van der Waals surface area (Å²) in [5.74, 6) is -5.72. The number of methoxy groups -OCH3 is 3. The van der Waals surface area contributed by atoms with Gasteiger partial charge in [-0.05, 0) is 72.1 Å². The molecule has 4 fully saturated rings. The van der Waals surface area contributed by atoms with Crippen LogP contribution in [0.3, 0.4) is 0 Å². The highest BCUT2D eigenvalue weighted by Crippen LogP contribution is 2.38. The van der Waals surface area contributed by atoms with Gasteiger partial charge in [0.2, 0.25) is 0 Å². The topological polar surface area (TPSA) is 262 Å². The summed E-state index contributed by atoms with van der Waals surface area (Å²) < 4.78 is 58.3. The fourth-order valence-corrected chi connectivity index (χ4v) is 10.2. The molecule has 4 saturated heterocycles. The second kappa shape index (κ2) is 27.2. The van der Waals surface area contributed by atoms with E-state index in [4.69, 9.17) is 52.5 Å². The van der Waals surface area contributed by atoms with Crippen LogP contribution >= 0.6 is 0 Å². The minimum absolute atomic E-state index is 0. The smallest absolute Gasteiger partial charge is 0.311 e. The lowest BCUT2D eigenvalue weighted by Gasteiger charge is -2.44. The summed E-state index contributed by atoms with van der Waals surface area (Å²) in [4.78, 5) is 53.0. The minimum atomic E-state index is -1.79. The van der Waals surface area contributed by atoms with E-state index in [1.165, 1.54) is 35.2 Å². The summed E-state index contributed by atoms with van der Waals surface area (Å²) in [6.07, 6.45) is -11.2. The largest absolute Gasteiger partial charge is 0.461 e. The van der Waals surface area contributed by atoms with Gasteiger partial charge in [0, 0.05) is 52.4 Å². The molecule has 0 unspecified atom stereocenters. The first kappa shape index (κ1) is 62.9. The average Bonchev–Trinajstić information content (AvgIpc) is 3.25.